The standard InChI is InChI=1S/C19H20Cl2N2O.C2HF3O2/c20-17-5-4-16(11-18(17)21)19(24)23-8-6-14(7-9-23)15-3-1-2-13(10-15)12-22;3-2(4,5)1(6)7/h1-5,10-11,14H,6-9,12,22H2;(H,6,7). The van der Waals surface area contributed by atoms with Gasteiger partial charge in [-0.05, 0) is 48.1 Å². The van der Waals surface area contributed by atoms with Crippen molar-refractivity contribution in [3.8, 4) is 0 Å². The number of amides is 1. The molecule has 1 amide bonds. The fourth-order valence-electron chi connectivity index (χ4n) is 3.20. The van der Waals surface area contributed by atoms with Gasteiger partial charge in [-0.2, -0.15) is 13.2 Å². The number of aliphatic carboxylic acids is 1. The number of piperidine rings is 1. The van der Waals surface area contributed by atoms with Crippen LogP contribution >= 0.6 is 23.2 Å². The average molecular weight is 477 g/mol. The Morgan fingerprint density at radius 1 is 1.06 bits per heavy atom. The maximum atomic E-state index is 12.6. The smallest absolute Gasteiger partial charge is 0.475 e. The van der Waals surface area contributed by atoms with Crippen molar-refractivity contribution in [2.24, 2.45) is 5.73 Å². The number of alkyl halides is 3. The number of hydrogen-bond donors (Lipinski definition) is 2. The predicted octanol–water partition coefficient (Wildman–Crippen LogP) is 5.11. The fraction of sp³-hybridized carbons (Fsp3) is 0.333. The summed E-state index contributed by atoms with van der Waals surface area (Å²) in [5.74, 6) is -2.26. The highest BCUT2D eigenvalue weighted by Gasteiger charge is 2.38. The number of nitrogens with two attached hydrogens (primary N) is 1. The number of hydrogen-bond acceptors (Lipinski definition) is 3. The molecule has 0 spiro atoms. The molecular formula is C21H21Cl2F3N2O3. The summed E-state index contributed by atoms with van der Waals surface area (Å²) < 4.78 is 31.7. The molecule has 2 aromatic carbocycles. The molecule has 1 aliphatic rings. The van der Waals surface area contributed by atoms with Crippen molar-refractivity contribution in [2.45, 2.75) is 31.5 Å². The van der Waals surface area contributed by atoms with E-state index >= 15 is 0 Å². The summed E-state index contributed by atoms with van der Waals surface area (Å²) in [6, 6.07) is 13.5. The molecule has 0 unspecified atom stereocenters. The molecule has 1 aliphatic heterocycles. The second-order valence-electron chi connectivity index (χ2n) is 6.95. The molecule has 0 radical (unpaired) electrons. The van der Waals surface area contributed by atoms with Gasteiger partial charge in [0.1, 0.15) is 0 Å². The van der Waals surface area contributed by atoms with Crippen molar-refractivity contribution >= 4 is 35.1 Å². The molecule has 3 N–H and O–H groups in total. The van der Waals surface area contributed by atoms with E-state index in [2.05, 4.69) is 18.2 Å². The first kappa shape index (κ1) is 25.0. The first-order valence-electron chi connectivity index (χ1n) is 9.36. The molecule has 1 saturated heterocycles. The number of nitrogens with zero attached hydrogens (tertiary/aromatic N) is 1. The average Bonchev–Trinajstić information content (AvgIpc) is 2.75. The maximum Gasteiger partial charge on any atom is 0.490 e. The second kappa shape index (κ2) is 10.8. The highest BCUT2D eigenvalue weighted by atomic mass is 35.5. The Bertz CT molecular complexity index is 930. The van der Waals surface area contributed by atoms with Crippen molar-refractivity contribution in [1.82, 2.24) is 4.90 Å². The van der Waals surface area contributed by atoms with Crippen LogP contribution in [0.2, 0.25) is 10.0 Å². The van der Waals surface area contributed by atoms with E-state index in [9.17, 15) is 18.0 Å². The Kier molecular flexibility index (Phi) is 8.73. The van der Waals surface area contributed by atoms with E-state index in [1.54, 1.807) is 18.2 Å². The monoisotopic (exact) mass is 476 g/mol. The lowest BCUT2D eigenvalue weighted by Crippen LogP contribution is -2.37. The van der Waals surface area contributed by atoms with Crippen LogP contribution in [0.5, 0.6) is 0 Å². The summed E-state index contributed by atoms with van der Waals surface area (Å²) in [6.07, 6.45) is -3.16. The summed E-state index contributed by atoms with van der Waals surface area (Å²) in [6.45, 7) is 2.05. The van der Waals surface area contributed by atoms with Crippen LogP contribution in [0, 0.1) is 0 Å². The van der Waals surface area contributed by atoms with E-state index in [1.165, 1.54) is 5.56 Å². The van der Waals surface area contributed by atoms with Gasteiger partial charge < -0.3 is 15.7 Å². The molecule has 0 atom stereocenters. The third-order valence-corrected chi connectivity index (χ3v) is 5.59. The molecule has 31 heavy (non-hydrogen) atoms. The molecule has 0 aromatic heterocycles. The summed E-state index contributed by atoms with van der Waals surface area (Å²) in [5, 5.41) is 8.00. The molecule has 5 nitrogen and oxygen atoms in total. The topological polar surface area (TPSA) is 83.6 Å². The van der Waals surface area contributed by atoms with Crippen molar-refractivity contribution in [3.63, 3.8) is 0 Å². The van der Waals surface area contributed by atoms with Crippen LogP contribution in [0.4, 0.5) is 13.2 Å². The number of carboxylic acid groups (broad SMARTS) is 1. The number of halogens is 5. The number of carboxylic acids is 1. The van der Waals surface area contributed by atoms with Crippen molar-refractivity contribution < 1.29 is 27.9 Å². The zero-order valence-corrected chi connectivity index (χ0v) is 17.8. The van der Waals surface area contributed by atoms with Crippen LogP contribution in [-0.2, 0) is 11.3 Å². The molecule has 0 saturated carbocycles. The van der Waals surface area contributed by atoms with E-state index in [0.717, 1.165) is 31.5 Å². The van der Waals surface area contributed by atoms with Gasteiger partial charge in [-0.15, -0.1) is 0 Å². The van der Waals surface area contributed by atoms with Gasteiger partial charge in [-0.25, -0.2) is 4.79 Å². The quantitative estimate of drug-likeness (QED) is 0.644. The van der Waals surface area contributed by atoms with Crippen LogP contribution < -0.4 is 5.73 Å². The molecule has 10 heteroatoms. The van der Waals surface area contributed by atoms with Gasteiger partial charge in [-0.3, -0.25) is 4.79 Å². The largest absolute Gasteiger partial charge is 0.490 e. The van der Waals surface area contributed by atoms with Gasteiger partial charge in [-0.1, -0.05) is 47.5 Å². The lowest BCUT2D eigenvalue weighted by Gasteiger charge is -2.32. The molecule has 2 aromatic rings. The third-order valence-electron chi connectivity index (χ3n) is 4.85. The highest BCUT2D eigenvalue weighted by Crippen LogP contribution is 2.30. The van der Waals surface area contributed by atoms with E-state index in [1.807, 2.05) is 11.0 Å². The molecule has 168 valence electrons. The number of rotatable bonds is 3. The van der Waals surface area contributed by atoms with E-state index in [-0.39, 0.29) is 5.91 Å². The van der Waals surface area contributed by atoms with Crippen LogP contribution in [0.25, 0.3) is 0 Å². The predicted molar refractivity (Wildman–Crippen MR) is 112 cm³/mol. The number of benzene rings is 2. The normalized spacial score (nSPS) is 14.6. The SMILES string of the molecule is NCc1cccc(C2CCN(C(=O)c3ccc(Cl)c(Cl)c3)CC2)c1.O=C(O)C(F)(F)F. The number of likely N-dealkylation sites (tertiary alicyclic amines) is 1. The Morgan fingerprint density at radius 2 is 1.68 bits per heavy atom. The fourth-order valence-corrected chi connectivity index (χ4v) is 3.50. The van der Waals surface area contributed by atoms with E-state index in [0.29, 0.717) is 28.1 Å². The maximum absolute atomic E-state index is 12.6. The van der Waals surface area contributed by atoms with Gasteiger partial charge in [0.15, 0.2) is 0 Å². The third kappa shape index (κ3) is 7.12. The first-order valence-corrected chi connectivity index (χ1v) is 10.1. The minimum Gasteiger partial charge on any atom is -0.475 e. The molecule has 3 rings (SSSR count). The van der Waals surface area contributed by atoms with Gasteiger partial charge in [0.05, 0.1) is 10.0 Å². The lowest BCUT2D eigenvalue weighted by molar-refractivity contribution is -0.192. The molecule has 1 fully saturated rings. The number of carbonyl (C=O) groups is 2. The Balaban J connectivity index is 0.000000423. The second-order valence-corrected chi connectivity index (χ2v) is 7.76. The summed E-state index contributed by atoms with van der Waals surface area (Å²) in [7, 11) is 0. The Labute approximate surface area is 187 Å². The van der Waals surface area contributed by atoms with E-state index < -0.39 is 12.1 Å². The lowest BCUT2D eigenvalue weighted by atomic mass is 9.88. The van der Waals surface area contributed by atoms with Gasteiger partial charge in [0.25, 0.3) is 5.91 Å². The summed E-state index contributed by atoms with van der Waals surface area (Å²) in [5.41, 5.74) is 8.79. The van der Waals surface area contributed by atoms with Crippen LogP contribution in [0.3, 0.4) is 0 Å². The minimum absolute atomic E-state index is 0.0164. The molecule has 0 aliphatic carbocycles. The van der Waals surface area contributed by atoms with E-state index in [4.69, 9.17) is 38.8 Å². The summed E-state index contributed by atoms with van der Waals surface area (Å²) >= 11 is 11.9. The Hall–Kier alpha value is -2.29. The number of carbonyl (C=O) groups excluding carboxylic acids is 1. The first-order chi connectivity index (χ1) is 14.5. The van der Waals surface area contributed by atoms with Gasteiger partial charge in [0, 0.05) is 25.2 Å². The minimum atomic E-state index is -5.08. The van der Waals surface area contributed by atoms with Crippen LogP contribution in [0.1, 0.15) is 40.2 Å². The Morgan fingerprint density at radius 3 is 2.19 bits per heavy atom. The molecule has 1 heterocycles. The molecule has 0 bridgehead atoms. The molecular weight excluding hydrogens is 456 g/mol. The van der Waals surface area contributed by atoms with Crippen molar-refractivity contribution in [2.75, 3.05) is 13.1 Å². The zero-order chi connectivity index (χ0) is 23.2. The van der Waals surface area contributed by atoms with Crippen molar-refractivity contribution in [1.29, 1.82) is 0 Å². The zero-order valence-electron chi connectivity index (χ0n) is 16.3. The van der Waals surface area contributed by atoms with Gasteiger partial charge >= 0.3 is 12.1 Å². The van der Waals surface area contributed by atoms with Gasteiger partial charge in [0.2, 0.25) is 0 Å². The van der Waals surface area contributed by atoms with Crippen LogP contribution in [-0.4, -0.2) is 41.1 Å². The summed E-state index contributed by atoms with van der Waals surface area (Å²) in [4.78, 5) is 23.4. The highest BCUT2D eigenvalue weighted by molar-refractivity contribution is 6.42. The van der Waals surface area contributed by atoms with Crippen molar-refractivity contribution in [3.05, 3.63) is 69.2 Å². The van der Waals surface area contributed by atoms with Crippen LogP contribution in [0.15, 0.2) is 42.5 Å².